The van der Waals surface area contributed by atoms with Gasteiger partial charge >= 0.3 is 0 Å². The van der Waals surface area contributed by atoms with Crippen LogP contribution in [0.5, 0.6) is 0 Å². The van der Waals surface area contributed by atoms with Gasteiger partial charge in [0.05, 0.1) is 11.3 Å². The first-order chi connectivity index (χ1) is 15.1. The molecule has 0 fully saturated rings. The molecule has 1 amide bonds. The molecule has 0 aliphatic carbocycles. The highest BCUT2D eigenvalue weighted by Crippen LogP contribution is 2.29. The third kappa shape index (κ3) is 4.61. The van der Waals surface area contributed by atoms with Gasteiger partial charge < -0.3 is 16.0 Å². The molecular formula is C22H20N8O. The van der Waals surface area contributed by atoms with Crippen LogP contribution in [0, 0.1) is 6.92 Å². The number of carbonyl (C=O) groups excluding carboxylic acids is 1. The van der Waals surface area contributed by atoms with Crippen LogP contribution in [0.3, 0.4) is 0 Å². The summed E-state index contributed by atoms with van der Waals surface area (Å²) in [7, 11) is 1.79. The van der Waals surface area contributed by atoms with E-state index in [9.17, 15) is 4.79 Å². The van der Waals surface area contributed by atoms with Crippen LogP contribution in [0.25, 0.3) is 11.3 Å². The molecule has 9 heteroatoms. The zero-order valence-corrected chi connectivity index (χ0v) is 17.0. The molecule has 0 saturated carbocycles. The Morgan fingerprint density at radius 2 is 1.84 bits per heavy atom. The minimum absolute atomic E-state index is 0.251. The summed E-state index contributed by atoms with van der Waals surface area (Å²) in [4.78, 5) is 33.8. The lowest BCUT2D eigenvalue weighted by Crippen LogP contribution is -2.13. The lowest BCUT2D eigenvalue weighted by Gasteiger charge is -2.14. The zero-order valence-electron chi connectivity index (χ0n) is 17.0. The summed E-state index contributed by atoms with van der Waals surface area (Å²) in [6, 6.07) is 12.6. The number of hydrogen-bond acceptors (Lipinski definition) is 8. The van der Waals surface area contributed by atoms with Crippen LogP contribution in [-0.2, 0) is 0 Å². The van der Waals surface area contributed by atoms with Gasteiger partial charge in [-0.05, 0) is 36.8 Å². The van der Waals surface area contributed by atoms with Crippen LogP contribution >= 0.6 is 0 Å². The molecule has 3 N–H and O–H groups in total. The van der Waals surface area contributed by atoms with Crippen molar-refractivity contribution in [2.75, 3.05) is 23.0 Å². The van der Waals surface area contributed by atoms with E-state index in [1.165, 1.54) is 12.7 Å². The Balaban J connectivity index is 1.63. The van der Waals surface area contributed by atoms with Gasteiger partial charge in [0.1, 0.15) is 30.1 Å². The Labute approximate surface area is 179 Å². The molecule has 0 spiro atoms. The molecule has 0 radical (unpaired) electrons. The van der Waals surface area contributed by atoms with Crippen molar-refractivity contribution in [1.29, 1.82) is 0 Å². The van der Waals surface area contributed by atoms with Crippen molar-refractivity contribution in [3.8, 4) is 11.3 Å². The number of aryl methyl sites for hydroxylation is 1. The van der Waals surface area contributed by atoms with Crippen LogP contribution in [0.15, 0.2) is 67.5 Å². The number of anilines is 4. The zero-order chi connectivity index (χ0) is 21.6. The van der Waals surface area contributed by atoms with Gasteiger partial charge in [-0.25, -0.2) is 24.9 Å². The Morgan fingerprint density at radius 3 is 2.65 bits per heavy atom. The van der Waals surface area contributed by atoms with Gasteiger partial charge in [-0.2, -0.15) is 0 Å². The maximum Gasteiger partial charge on any atom is 0.256 e. The van der Waals surface area contributed by atoms with Crippen molar-refractivity contribution in [2.45, 2.75) is 6.92 Å². The second-order valence-electron chi connectivity index (χ2n) is 6.65. The maximum absolute atomic E-state index is 12.7. The number of benzene rings is 1. The number of pyridine rings is 1. The summed E-state index contributed by atoms with van der Waals surface area (Å²) in [5.74, 6) is 1.49. The number of nitrogens with zero attached hydrogens (tertiary/aromatic N) is 5. The molecule has 3 aromatic heterocycles. The van der Waals surface area contributed by atoms with Gasteiger partial charge in [0, 0.05) is 36.8 Å². The highest BCUT2D eigenvalue weighted by molar-refractivity contribution is 6.04. The number of aromatic nitrogens is 5. The molecule has 9 nitrogen and oxygen atoms in total. The molecule has 4 aromatic rings. The monoisotopic (exact) mass is 412 g/mol. The summed E-state index contributed by atoms with van der Waals surface area (Å²) in [5, 5.41) is 9.09. The highest BCUT2D eigenvalue weighted by Gasteiger charge is 2.13. The van der Waals surface area contributed by atoms with Crippen LogP contribution in [0.2, 0.25) is 0 Å². The van der Waals surface area contributed by atoms with E-state index in [0.717, 1.165) is 11.3 Å². The van der Waals surface area contributed by atoms with Crippen molar-refractivity contribution in [2.24, 2.45) is 0 Å². The van der Waals surface area contributed by atoms with E-state index in [1.807, 2.05) is 25.1 Å². The fraction of sp³-hybridized carbons (Fsp3) is 0.0909. The van der Waals surface area contributed by atoms with E-state index in [2.05, 4.69) is 40.9 Å². The van der Waals surface area contributed by atoms with E-state index in [4.69, 9.17) is 0 Å². The molecule has 0 bridgehead atoms. The lowest BCUT2D eigenvalue weighted by atomic mass is 10.1. The van der Waals surface area contributed by atoms with Crippen LogP contribution in [0.4, 0.5) is 23.1 Å². The molecule has 3 heterocycles. The molecule has 154 valence electrons. The topological polar surface area (TPSA) is 118 Å². The predicted octanol–water partition coefficient (Wildman–Crippen LogP) is 3.67. The lowest BCUT2D eigenvalue weighted by molar-refractivity contribution is 0.102. The van der Waals surface area contributed by atoms with Gasteiger partial charge in [-0.15, -0.1) is 0 Å². The minimum atomic E-state index is -0.251. The van der Waals surface area contributed by atoms with Crippen LogP contribution in [0.1, 0.15) is 15.9 Å². The summed E-state index contributed by atoms with van der Waals surface area (Å²) in [5.41, 5.74) is 3.58. The molecule has 31 heavy (non-hydrogen) atoms. The number of hydrogen-bond donors (Lipinski definition) is 3. The summed E-state index contributed by atoms with van der Waals surface area (Å²) in [6.07, 6.45) is 6.25. The number of amides is 1. The molecule has 0 aliphatic heterocycles. The van der Waals surface area contributed by atoms with Gasteiger partial charge in [-0.1, -0.05) is 12.1 Å². The SMILES string of the molecule is CNc1cc(-c2cncnc2Nc2cc(C(=O)Nc3ccccn3)ccc2C)ncn1. The first kappa shape index (κ1) is 19.9. The number of carbonyl (C=O) groups is 1. The first-order valence-electron chi connectivity index (χ1n) is 9.54. The van der Waals surface area contributed by atoms with Crippen LogP contribution in [-0.4, -0.2) is 37.9 Å². The molecular weight excluding hydrogens is 392 g/mol. The molecule has 0 unspecified atom stereocenters. The summed E-state index contributed by atoms with van der Waals surface area (Å²) in [6.45, 7) is 1.95. The van der Waals surface area contributed by atoms with Crippen molar-refractivity contribution in [1.82, 2.24) is 24.9 Å². The molecule has 0 aliphatic rings. The van der Waals surface area contributed by atoms with E-state index >= 15 is 0 Å². The van der Waals surface area contributed by atoms with E-state index in [0.29, 0.717) is 34.3 Å². The minimum Gasteiger partial charge on any atom is -0.373 e. The standard InChI is InChI=1S/C22H20N8O/c1-14-6-7-15(22(31)30-19-5-3-4-8-25-19)9-17(14)29-21-16(11-24-12-28-21)18-10-20(23-2)27-13-26-18/h3-13H,1-2H3,(H,23,26,27)(H,24,28,29)(H,25,30,31). The van der Waals surface area contributed by atoms with E-state index in [1.54, 1.807) is 43.7 Å². The highest BCUT2D eigenvalue weighted by atomic mass is 16.1. The van der Waals surface area contributed by atoms with Crippen molar-refractivity contribution in [3.05, 3.63) is 78.6 Å². The normalized spacial score (nSPS) is 10.4. The van der Waals surface area contributed by atoms with Gasteiger partial charge in [0.2, 0.25) is 0 Å². The number of rotatable bonds is 6. The molecule has 0 atom stereocenters. The summed E-state index contributed by atoms with van der Waals surface area (Å²) >= 11 is 0. The van der Waals surface area contributed by atoms with E-state index in [-0.39, 0.29) is 5.91 Å². The molecule has 4 rings (SSSR count). The number of nitrogens with one attached hydrogen (secondary N) is 3. The van der Waals surface area contributed by atoms with Crippen molar-refractivity contribution < 1.29 is 4.79 Å². The first-order valence-corrected chi connectivity index (χ1v) is 9.54. The average molecular weight is 412 g/mol. The van der Waals surface area contributed by atoms with Crippen molar-refractivity contribution in [3.63, 3.8) is 0 Å². The second kappa shape index (κ2) is 8.95. The average Bonchev–Trinajstić information content (AvgIpc) is 2.81. The van der Waals surface area contributed by atoms with Crippen molar-refractivity contribution >= 4 is 29.0 Å². The quantitative estimate of drug-likeness (QED) is 0.439. The third-order valence-corrected chi connectivity index (χ3v) is 4.57. The fourth-order valence-corrected chi connectivity index (χ4v) is 2.91. The van der Waals surface area contributed by atoms with Gasteiger partial charge in [0.15, 0.2) is 0 Å². The summed E-state index contributed by atoms with van der Waals surface area (Å²) < 4.78 is 0. The molecule has 0 saturated heterocycles. The van der Waals surface area contributed by atoms with Gasteiger partial charge in [0.25, 0.3) is 5.91 Å². The predicted molar refractivity (Wildman–Crippen MR) is 119 cm³/mol. The Hall–Kier alpha value is -4.40. The Kier molecular flexibility index (Phi) is 5.75. The largest absolute Gasteiger partial charge is 0.373 e. The Morgan fingerprint density at radius 1 is 0.935 bits per heavy atom. The van der Waals surface area contributed by atoms with E-state index < -0.39 is 0 Å². The fourth-order valence-electron chi connectivity index (χ4n) is 2.91. The third-order valence-electron chi connectivity index (χ3n) is 4.57. The maximum atomic E-state index is 12.7. The Bertz CT molecular complexity index is 1210. The van der Waals surface area contributed by atoms with Crippen LogP contribution < -0.4 is 16.0 Å². The molecule has 1 aromatic carbocycles. The van der Waals surface area contributed by atoms with Gasteiger partial charge in [-0.3, -0.25) is 4.79 Å². The smallest absolute Gasteiger partial charge is 0.256 e. The second-order valence-corrected chi connectivity index (χ2v) is 6.65.